The van der Waals surface area contributed by atoms with Gasteiger partial charge in [-0.2, -0.15) is 0 Å². The second-order valence-electron chi connectivity index (χ2n) is 9.36. The van der Waals surface area contributed by atoms with Gasteiger partial charge in [-0.15, -0.1) is 0 Å². The van der Waals surface area contributed by atoms with Crippen LogP contribution in [0.15, 0.2) is 30.5 Å². The molecule has 37 heavy (non-hydrogen) atoms. The lowest BCUT2D eigenvalue weighted by atomic mass is 9.95. The minimum absolute atomic E-state index is 0.121. The molecule has 1 unspecified atom stereocenters. The molecule has 1 saturated carbocycles. The van der Waals surface area contributed by atoms with Gasteiger partial charge in [-0.05, 0) is 37.8 Å². The molecule has 1 saturated heterocycles. The summed E-state index contributed by atoms with van der Waals surface area (Å²) in [5, 5.41) is 5.57. The summed E-state index contributed by atoms with van der Waals surface area (Å²) in [6.45, 7) is 6.80. The Balaban J connectivity index is 0.000000195. The van der Waals surface area contributed by atoms with E-state index in [2.05, 4.69) is 15.6 Å². The Morgan fingerprint density at radius 2 is 1.78 bits per heavy atom. The molecule has 2 N–H and O–H groups in total. The SMILES string of the molecule is CC.Cc1ccc2c(c1)CN(C1CCC(=O)NC1=O)C2=O.Fc1cnc(CNC2CCCCC2)c(F)c1. The van der Waals surface area contributed by atoms with Crippen molar-refractivity contribution in [1.29, 1.82) is 0 Å². The van der Waals surface area contributed by atoms with Crippen LogP contribution < -0.4 is 10.6 Å². The number of hydrogen-bond acceptors (Lipinski definition) is 5. The van der Waals surface area contributed by atoms with Crippen LogP contribution >= 0.6 is 0 Å². The first-order valence-electron chi connectivity index (χ1n) is 13.1. The minimum atomic E-state index is -0.626. The van der Waals surface area contributed by atoms with Gasteiger partial charge in [0.1, 0.15) is 17.7 Å². The number of nitrogens with one attached hydrogen (secondary N) is 2. The Kier molecular flexibility index (Phi) is 10.3. The molecule has 2 fully saturated rings. The summed E-state index contributed by atoms with van der Waals surface area (Å²) in [5.74, 6) is -1.94. The fourth-order valence-corrected chi connectivity index (χ4v) is 4.82. The highest BCUT2D eigenvalue weighted by atomic mass is 19.1. The van der Waals surface area contributed by atoms with Crippen molar-refractivity contribution in [2.75, 3.05) is 0 Å². The lowest BCUT2D eigenvalue weighted by Crippen LogP contribution is -2.52. The summed E-state index contributed by atoms with van der Waals surface area (Å²) < 4.78 is 25.9. The number of aromatic nitrogens is 1. The van der Waals surface area contributed by atoms with Gasteiger partial charge in [0.25, 0.3) is 5.91 Å². The smallest absolute Gasteiger partial charge is 0.255 e. The molecule has 3 heterocycles. The molecule has 1 aromatic carbocycles. The number of nitrogens with zero attached hydrogens (tertiary/aromatic N) is 2. The number of piperidine rings is 1. The summed E-state index contributed by atoms with van der Waals surface area (Å²) in [5.41, 5.74) is 3.01. The van der Waals surface area contributed by atoms with Crippen molar-refractivity contribution in [3.05, 3.63) is 64.5 Å². The van der Waals surface area contributed by atoms with Crippen LogP contribution in [0.25, 0.3) is 0 Å². The molecule has 2 aromatic rings. The summed E-state index contributed by atoms with van der Waals surface area (Å²) in [4.78, 5) is 40.6. The molecule has 9 heteroatoms. The van der Waals surface area contributed by atoms with Crippen molar-refractivity contribution < 1.29 is 23.2 Å². The fraction of sp³-hybridized carbons (Fsp3) is 0.500. The highest BCUT2D eigenvalue weighted by Crippen LogP contribution is 2.28. The quantitative estimate of drug-likeness (QED) is 0.584. The van der Waals surface area contributed by atoms with Gasteiger partial charge >= 0.3 is 0 Å². The van der Waals surface area contributed by atoms with Crippen molar-refractivity contribution in [1.82, 2.24) is 20.5 Å². The highest BCUT2D eigenvalue weighted by molar-refractivity contribution is 6.05. The number of aryl methyl sites for hydroxylation is 1. The molecule has 1 aromatic heterocycles. The zero-order valence-electron chi connectivity index (χ0n) is 21.8. The highest BCUT2D eigenvalue weighted by Gasteiger charge is 2.38. The Labute approximate surface area is 217 Å². The number of pyridine rings is 1. The van der Waals surface area contributed by atoms with Crippen LogP contribution in [0.2, 0.25) is 0 Å². The van der Waals surface area contributed by atoms with Gasteiger partial charge in [0.15, 0.2) is 0 Å². The van der Waals surface area contributed by atoms with E-state index in [4.69, 9.17) is 0 Å². The predicted octanol–water partition coefficient (Wildman–Crippen LogP) is 4.56. The van der Waals surface area contributed by atoms with E-state index >= 15 is 0 Å². The molecule has 0 radical (unpaired) electrons. The predicted molar refractivity (Wildman–Crippen MR) is 136 cm³/mol. The zero-order chi connectivity index (χ0) is 26.9. The van der Waals surface area contributed by atoms with Crippen LogP contribution in [0.5, 0.6) is 0 Å². The van der Waals surface area contributed by atoms with Gasteiger partial charge in [-0.1, -0.05) is 50.8 Å². The van der Waals surface area contributed by atoms with Crippen molar-refractivity contribution >= 4 is 17.7 Å². The number of carbonyl (C=O) groups is 3. The molecule has 0 bridgehead atoms. The van der Waals surface area contributed by atoms with Crippen LogP contribution in [0.1, 0.15) is 86.0 Å². The van der Waals surface area contributed by atoms with Gasteiger partial charge in [0, 0.05) is 37.2 Å². The molecular weight excluding hydrogens is 478 g/mol. The molecule has 5 rings (SSSR count). The monoisotopic (exact) mass is 514 g/mol. The van der Waals surface area contributed by atoms with Crippen LogP contribution in [-0.4, -0.2) is 39.7 Å². The first kappa shape index (κ1) is 28.4. The second kappa shape index (κ2) is 13.4. The maximum Gasteiger partial charge on any atom is 0.255 e. The van der Waals surface area contributed by atoms with E-state index in [1.165, 1.54) is 19.3 Å². The first-order chi connectivity index (χ1) is 17.8. The number of fused-ring (bicyclic) bond motifs is 1. The lowest BCUT2D eigenvalue weighted by Gasteiger charge is -2.29. The normalized spacial score (nSPS) is 19.3. The zero-order valence-corrected chi connectivity index (χ0v) is 21.8. The second-order valence-corrected chi connectivity index (χ2v) is 9.36. The van der Waals surface area contributed by atoms with E-state index in [0.717, 1.165) is 36.2 Å². The number of imide groups is 1. The molecular formula is C28H36F2N4O3. The molecule has 200 valence electrons. The van der Waals surface area contributed by atoms with E-state index in [1.54, 1.807) is 11.0 Å². The van der Waals surface area contributed by atoms with Crippen molar-refractivity contribution in [2.45, 2.75) is 90.9 Å². The van der Waals surface area contributed by atoms with E-state index in [-0.39, 0.29) is 24.1 Å². The standard InChI is InChI=1S/C14H14N2O3.C12H16F2N2.C2H6/c1-8-2-3-10-9(6-8)7-16(14(10)19)11-4-5-12(17)15-13(11)18;13-9-6-11(14)12(16-7-9)8-15-10-4-2-1-3-5-10;1-2/h2-3,6,11H,4-5,7H2,1H3,(H,15,17,18);6-7,10,15H,1-5,8H2;1-2H3. The summed E-state index contributed by atoms with van der Waals surface area (Å²) in [6.07, 6.45) is 7.79. The van der Waals surface area contributed by atoms with E-state index in [0.29, 0.717) is 36.8 Å². The van der Waals surface area contributed by atoms with E-state index in [1.807, 2.05) is 32.9 Å². The van der Waals surface area contributed by atoms with Crippen LogP contribution in [-0.2, 0) is 22.7 Å². The minimum Gasteiger partial charge on any atom is -0.322 e. The number of hydrogen-bond donors (Lipinski definition) is 2. The molecule has 3 amide bonds. The molecule has 3 aliphatic rings. The first-order valence-corrected chi connectivity index (χ1v) is 13.1. The summed E-state index contributed by atoms with van der Waals surface area (Å²) in [6, 6.07) is 6.48. The third-order valence-corrected chi connectivity index (χ3v) is 6.73. The van der Waals surface area contributed by atoms with Gasteiger partial charge in [0.05, 0.1) is 11.9 Å². The number of benzene rings is 1. The van der Waals surface area contributed by atoms with E-state index < -0.39 is 17.7 Å². The lowest BCUT2D eigenvalue weighted by molar-refractivity contribution is -0.136. The van der Waals surface area contributed by atoms with Crippen LogP contribution in [0.4, 0.5) is 8.78 Å². The maximum absolute atomic E-state index is 13.3. The van der Waals surface area contributed by atoms with Crippen molar-refractivity contribution in [3.8, 4) is 0 Å². The third-order valence-electron chi connectivity index (χ3n) is 6.73. The molecule has 0 spiro atoms. The molecule has 7 nitrogen and oxygen atoms in total. The van der Waals surface area contributed by atoms with Gasteiger partial charge in [-0.25, -0.2) is 8.78 Å². The largest absolute Gasteiger partial charge is 0.322 e. The molecule has 1 atom stereocenters. The number of halogens is 2. The maximum atomic E-state index is 13.3. The van der Waals surface area contributed by atoms with Gasteiger partial charge in [0.2, 0.25) is 11.8 Å². The molecule has 1 aliphatic carbocycles. The Morgan fingerprint density at radius 1 is 1.05 bits per heavy atom. The summed E-state index contributed by atoms with van der Waals surface area (Å²) >= 11 is 0. The molecule has 2 aliphatic heterocycles. The van der Waals surface area contributed by atoms with Gasteiger partial charge in [-0.3, -0.25) is 24.7 Å². The average molecular weight is 515 g/mol. The topological polar surface area (TPSA) is 91.4 Å². The fourth-order valence-electron chi connectivity index (χ4n) is 4.82. The van der Waals surface area contributed by atoms with Crippen LogP contribution in [0, 0.1) is 18.6 Å². The number of carbonyl (C=O) groups excluding carboxylic acids is 3. The Hall–Kier alpha value is -3.20. The van der Waals surface area contributed by atoms with Crippen molar-refractivity contribution in [2.24, 2.45) is 0 Å². The van der Waals surface area contributed by atoms with E-state index in [9.17, 15) is 23.2 Å². The van der Waals surface area contributed by atoms with Gasteiger partial charge < -0.3 is 10.2 Å². The summed E-state index contributed by atoms with van der Waals surface area (Å²) in [7, 11) is 0. The Morgan fingerprint density at radius 3 is 2.46 bits per heavy atom. The third kappa shape index (κ3) is 7.41. The number of amides is 3. The number of rotatable bonds is 4. The Bertz CT molecular complexity index is 1120. The van der Waals surface area contributed by atoms with Crippen molar-refractivity contribution in [3.63, 3.8) is 0 Å². The van der Waals surface area contributed by atoms with Crippen LogP contribution in [0.3, 0.4) is 0 Å². The average Bonchev–Trinajstić information content (AvgIpc) is 3.21.